The summed E-state index contributed by atoms with van der Waals surface area (Å²) in [4.78, 5) is 0. The number of aliphatic hydroxyl groups excluding tert-OH is 3. The number of allylic oxidation sites excluding steroid dienone is 5. The minimum atomic E-state index is -0.876. The summed E-state index contributed by atoms with van der Waals surface area (Å²) in [7, 11) is 0. The molecule has 2 rings (SSSR count). The zero-order valence-corrected chi connectivity index (χ0v) is 18.5. The summed E-state index contributed by atoms with van der Waals surface area (Å²) in [6.07, 6.45) is 7.61. The molecular weight excluding hydrogens is 471 g/mol. The highest BCUT2D eigenvalue weighted by Gasteiger charge is 2.24. The lowest BCUT2D eigenvalue weighted by Gasteiger charge is -2.27. The van der Waals surface area contributed by atoms with Gasteiger partial charge in [-0.3, -0.25) is 0 Å². The fourth-order valence-corrected chi connectivity index (χ4v) is 3.01. The highest BCUT2D eigenvalue weighted by Crippen LogP contribution is 2.34. The van der Waals surface area contributed by atoms with E-state index in [0.717, 1.165) is 16.9 Å². The molecule has 0 spiro atoms. The van der Waals surface area contributed by atoms with Crippen LogP contribution >= 0.6 is 22.6 Å². The van der Waals surface area contributed by atoms with Gasteiger partial charge in [0.1, 0.15) is 25.1 Å². The van der Waals surface area contributed by atoms with Crippen molar-refractivity contribution in [2.24, 2.45) is 0 Å². The Labute approximate surface area is 180 Å². The molecule has 0 aromatic heterocycles. The highest BCUT2D eigenvalue weighted by atomic mass is 127. The molecule has 0 radical (unpaired) electrons. The van der Waals surface area contributed by atoms with Crippen LogP contribution < -0.4 is 4.74 Å². The summed E-state index contributed by atoms with van der Waals surface area (Å²) in [6, 6.07) is 7.77. The molecule has 0 aliphatic heterocycles. The fourth-order valence-electron chi connectivity index (χ4n) is 2.76. The van der Waals surface area contributed by atoms with Gasteiger partial charge < -0.3 is 24.8 Å². The van der Waals surface area contributed by atoms with E-state index in [1.807, 2.05) is 30.3 Å². The Bertz CT molecular complexity index is 706. The topological polar surface area (TPSA) is 79.2 Å². The SMILES string of the molecule is CC(C)(C1=CC=C(OCC(O)CI)CC=C1)c1ccc(OCC(O)CO)cc1. The summed E-state index contributed by atoms with van der Waals surface area (Å²) >= 11 is 2.14. The van der Waals surface area contributed by atoms with Crippen LogP contribution in [0.15, 0.2) is 59.9 Å². The van der Waals surface area contributed by atoms with Crippen LogP contribution in [0.1, 0.15) is 25.8 Å². The number of alkyl halides is 1. The van der Waals surface area contributed by atoms with Gasteiger partial charge in [0.05, 0.1) is 18.5 Å². The molecule has 1 aromatic rings. The third kappa shape index (κ3) is 6.62. The molecule has 0 bridgehead atoms. The standard InChI is InChI=1S/C22H29IO5/c1-22(2,17-7-10-21(11-8-17)28-15-19(26)13-24)16-4-3-5-20(9-6-16)27-14-18(25)12-23/h3-4,6-11,18-19,24-26H,5,12-15H2,1-2H3. The second kappa shape index (κ2) is 11.0. The summed E-state index contributed by atoms with van der Waals surface area (Å²) in [5.41, 5.74) is 2.08. The molecule has 0 amide bonds. The van der Waals surface area contributed by atoms with E-state index >= 15 is 0 Å². The molecule has 1 aliphatic rings. The Morgan fingerprint density at radius 1 is 1.04 bits per heavy atom. The van der Waals surface area contributed by atoms with Crippen LogP contribution in [0.5, 0.6) is 5.75 Å². The molecule has 28 heavy (non-hydrogen) atoms. The van der Waals surface area contributed by atoms with Crippen LogP contribution in [0.25, 0.3) is 0 Å². The van der Waals surface area contributed by atoms with Crippen LogP contribution in [-0.4, -0.2) is 51.8 Å². The van der Waals surface area contributed by atoms with Crippen molar-refractivity contribution < 1.29 is 24.8 Å². The van der Waals surface area contributed by atoms with Crippen molar-refractivity contribution in [3.63, 3.8) is 0 Å². The molecule has 0 fully saturated rings. The molecule has 5 nitrogen and oxygen atoms in total. The maximum absolute atomic E-state index is 9.66. The van der Waals surface area contributed by atoms with E-state index in [-0.39, 0.29) is 18.6 Å². The molecule has 1 aromatic carbocycles. The summed E-state index contributed by atoms with van der Waals surface area (Å²) in [5.74, 6) is 1.50. The van der Waals surface area contributed by atoms with E-state index in [1.165, 1.54) is 0 Å². The third-order valence-electron chi connectivity index (χ3n) is 4.66. The first-order valence-corrected chi connectivity index (χ1v) is 10.9. The molecule has 2 atom stereocenters. The molecule has 0 heterocycles. The summed E-state index contributed by atoms with van der Waals surface area (Å²) < 4.78 is 11.8. The number of hydrogen-bond donors (Lipinski definition) is 3. The second-order valence-corrected chi connectivity index (χ2v) is 8.16. The molecule has 3 N–H and O–H groups in total. The van der Waals surface area contributed by atoms with Crippen molar-refractivity contribution in [1.29, 1.82) is 0 Å². The lowest BCUT2D eigenvalue weighted by atomic mass is 9.77. The van der Waals surface area contributed by atoms with Crippen molar-refractivity contribution in [3.05, 3.63) is 65.5 Å². The quantitative estimate of drug-likeness (QED) is 0.340. The van der Waals surface area contributed by atoms with Crippen LogP contribution in [0, 0.1) is 0 Å². The molecule has 0 saturated carbocycles. The van der Waals surface area contributed by atoms with E-state index in [0.29, 0.717) is 23.2 Å². The van der Waals surface area contributed by atoms with Gasteiger partial charge in [0.2, 0.25) is 0 Å². The Hall–Kier alpha value is -1.35. The van der Waals surface area contributed by atoms with Crippen molar-refractivity contribution >= 4 is 22.6 Å². The predicted molar refractivity (Wildman–Crippen MR) is 119 cm³/mol. The van der Waals surface area contributed by atoms with Gasteiger partial charge >= 0.3 is 0 Å². The molecule has 6 heteroatoms. The zero-order chi connectivity index (χ0) is 20.6. The largest absolute Gasteiger partial charge is 0.495 e. The summed E-state index contributed by atoms with van der Waals surface area (Å²) in [5, 5.41) is 27.9. The first kappa shape index (κ1) is 22.9. The number of halogens is 1. The maximum atomic E-state index is 9.66. The Kier molecular flexibility index (Phi) is 9.01. The molecule has 1 aliphatic carbocycles. The Balaban J connectivity index is 2.08. The lowest BCUT2D eigenvalue weighted by molar-refractivity contribution is 0.0536. The predicted octanol–water partition coefficient (Wildman–Crippen LogP) is 3.28. The van der Waals surface area contributed by atoms with E-state index in [4.69, 9.17) is 14.6 Å². The zero-order valence-electron chi connectivity index (χ0n) is 16.3. The molecule has 154 valence electrons. The number of benzene rings is 1. The minimum Gasteiger partial charge on any atom is -0.495 e. The van der Waals surface area contributed by atoms with Gasteiger partial charge in [-0.1, -0.05) is 66.8 Å². The van der Waals surface area contributed by atoms with Crippen molar-refractivity contribution in [1.82, 2.24) is 0 Å². The van der Waals surface area contributed by atoms with Gasteiger partial charge in [-0.2, -0.15) is 0 Å². The normalized spacial score (nSPS) is 16.6. The van der Waals surface area contributed by atoms with Gasteiger partial charge in [0.25, 0.3) is 0 Å². The first-order valence-electron chi connectivity index (χ1n) is 9.33. The Morgan fingerprint density at radius 2 is 1.71 bits per heavy atom. The number of ether oxygens (including phenoxy) is 2. The highest BCUT2D eigenvalue weighted by molar-refractivity contribution is 14.1. The van der Waals surface area contributed by atoms with Gasteiger partial charge in [-0.15, -0.1) is 0 Å². The number of rotatable bonds is 10. The van der Waals surface area contributed by atoms with Crippen molar-refractivity contribution in [2.45, 2.75) is 37.9 Å². The minimum absolute atomic E-state index is 0.0625. The van der Waals surface area contributed by atoms with Gasteiger partial charge in [-0.05, 0) is 29.3 Å². The molecular formula is C22H29IO5. The van der Waals surface area contributed by atoms with Crippen LogP contribution in [0.2, 0.25) is 0 Å². The van der Waals surface area contributed by atoms with Gasteiger partial charge in [0.15, 0.2) is 0 Å². The maximum Gasteiger partial charge on any atom is 0.119 e. The average Bonchev–Trinajstić information content (AvgIpc) is 2.96. The summed E-state index contributed by atoms with van der Waals surface area (Å²) in [6.45, 7) is 4.37. The smallest absolute Gasteiger partial charge is 0.119 e. The molecule has 0 saturated heterocycles. The van der Waals surface area contributed by atoms with Gasteiger partial charge in [0, 0.05) is 16.3 Å². The van der Waals surface area contributed by atoms with E-state index in [1.54, 1.807) is 0 Å². The lowest BCUT2D eigenvalue weighted by Crippen LogP contribution is -2.21. The third-order valence-corrected chi connectivity index (χ3v) is 5.67. The number of aliphatic hydroxyl groups is 3. The van der Waals surface area contributed by atoms with Gasteiger partial charge in [-0.25, -0.2) is 0 Å². The molecule has 2 unspecified atom stereocenters. The van der Waals surface area contributed by atoms with Crippen molar-refractivity contribution in [2.75, 3.05) is 24.2 Å². The fraction of sp³-hybridized carbons (Fsp3) is 0.455. The van der Waals surface area contributed by atoms with Crippen LogP contribution in [0.4, 0.5) is 0 Å². The Morgan fingerprint density at radius 3 is 2.36 bits per heavy atom. The second-order valence-electron chi connectivity index (χ2n) is 7.28. The van der Waals surface area contributed by atoms with Crippen LogP contribution in [-0.2, 0) is 10.2 Å². The van der Waals surface area contributed by atoms with E-state index in [9.17, 15) is 10.2 Å². The van der Waals surface area contributed by atoms with Crippen LogP contribution in [0.3, 0.4) is 0 Å². The first-order chi connectivity index (χ1) is 13.4. The average molecular weight is 500 g/mol. The number of hydrogen-bond acceptors (Lipinski definition) is 5. The van der Waals surface area contributed by atoms with E-state index < -0.39 is 12.2 Å². The van der Waals surface area contributed by atoms with E-state index in [2.05, 4.69) is 54.7 Å². The van der Waals surface area contributed by atoms with Crippen molar-refractivity contribution in [3.8, 4) is 5.75 Å². The monoisotopic (exact) mass is 500 g/mol.